The molecule has 0 unspecified atom stereocenters. The van der Waals surface area contributed by atoms with Crippen molar-refractivity contribution in [2.24, 2.45) is 0 Å². The molecule has 2 N–H and O–H groups in total. The smallest absolute Gasteiger partial charge is 0.169 e. The zero-order chi connectivity index (χ0) is 10.1. The lowest BCUT2D eigenvalue weighted by Gasteiger charge is -2.00. The second-order valence-corrected chi connectivity index (χ2v) is 3.08. The molecule has 0 aliphatic carbocycles. The van der Waals surface area contributed by atoms with Crippen LogP contribution in [0.15, 0.2) is 28.8 Å². The highest BCUT2D eigenvalue weighted by Gasteiger charge is 2.07. The van der Waals surface area contributed by atoms with E-state index >= 15 is 0 Å². The molecule has 0 spiro atoms. The minimum absolute atomic E-state index is 0.265. The number of hydrogen-bond acceptors (Lipinski definition) is 3. The second kappa shape index (κ2) is 3.14. The van der Waals surface area contributed by atoms with Crippen molar-refractivity contribution >= 4 is 5.82 Å². The molecule has 0 amide bonds. The van der Waals surface area contributed by atoms with Crippen LogP contribution >= 0.6 is 0 Å². The first kappa shape index (κ1) is 8.74. The van der Waals surface area contributed by atoms with Crippen LogP contribution in [0.5, 0.6) is 0 Å². The number of benzene rings is 1. The Morgan fingerprint density at radius 3 is 2.71 bits per heavy atom. The number of nitrogens with two attached hydrogens (primary N) is 1. The number of hydrogen-bond donors (Lipinski definition) is 1. The van der Waals surface area contributed by atoms with Gasteiger partial charge in [-0.25, -0.2) is 4.39 Å². The fourth-order valence-electron chi connectivity index (χ4n) is 1.32. The summed E-state index contributed by atoms with van der Waals surface area (Å²) in [5, 5.41) is 3.57. The van der Waals surface area contributed by atoms with Crippen LogP contribution in [0, 0.1) is 12.7 Å². The predicted octanol–water partition coefficient (Wildman–Crippen LogP) is 2.37. The molecule has 1 aromatic heterocycles. The van der Waals surface area contributed by atoms with E-state index in [-0.39, 0.29) is 5.82 Å². The molecule has 0 aliphatic heterocycles. The van der Waals surface area contributed by atoms with Crippen molar-refractivity contribution in [1.82, 2.24) is 5.16 Å². The first-order valence-electron chi connectivity index (χ1n) is 4.15. The Morgan fingerprint density at radius 2 is 2.14 bits per heavy atom. The number of nitrogen functional groups attached to an aromatic ring is 1. The Bertz CT molecular complexity index is 465. The fourth-order valence-corrected chi connectivity index (χ4v) is 1.32. The maximum absolute atomic E-state index is 12.8. The van der Waals surface area contributed by atoms with Crippen LogP contribution in [0.4, 0.5) is 10.2 Å². The van der Waals surface area contributed by atoms with Crippen molar-refractivity contribution in [2.75, 3.05) is 5.73 Å². The van der Waals surface area contributed by atoms with Gasteiger partial charge in [0.25, 0.3) is 0 Å². The van der Waals surface area contributed by atoms with E-state index in [9.17, 15) is 4.39 Å². The summed E-state index contributed by atoms with van der Waals surface area (Å²) in [5.74, 6) is 0.613. The van der Waals surface area contributed by atoms with Gasteiger partial charge >= 0.3 is 0 Å². The largest absolute Gasteiger partial charge is 0.381 e. The number of nitrogens with zero attached hydrogens (tertiary/aromatic N) is 1. The van der Waals surface area contributed by atoms with E-state index in [0.717, 1.165) is 11.1 Å². The normalized spacial score (nSPS) is 10.4. The molecule has 1 aromatic carbocycles. The van der Waals surface area contributed by atoms with Crippen molar-refractivity contribution in [3.8, 4) is 11.3 Å². The van der Waals surface area contributed by atoms with Crippen molar-refractivity contribution in [3.63, 3.8) is 0 Å². The number of rotatable bonds is 1. The summed E-state index contributed by atoms with van der Waals surface area (Å²) in [5.41, 5.74) is 7.01. The minimum atomic E-state index is -0.265. The number of anilines is 1. The topological polar surface area (TPSA) is 52.0 Å². The van der Waals surface area contributed by atoms with Gasteiger partial charge in [-0.05, 0) is 30.7 Å². The zero-order valence-corrected chi connectivity index (χ0v) is 7.62. The molecule has 14 heavy (non-hydrogen) atoms. The average Bonchev–Trinajstić information content (AvgIpc) is 2.51. The first-order valence-corrected chi connectivity index (χ1v) is 4.15. The van der Waals surface area contributed by atoms with Crippen LogP contribution < -0.4 is 5.73 Å². The molecule has 0 radical (unpaired) electrons. The van der Waals surface area contributed by atoms with Crippen molar-refractivity contribution in [3.05, 3.63) is 35.6 Å². The third-order valence-corrected chi connectivity index (χ3v) is 1.98. The molecule has 0 fully saturated rings. The van der Waals surface area contributed by atoms with E-state index in [1.807, 2.05) is 0 Å². The lowest BCUT2D eigenvalue weighted by molar-refractivity contribution is 0.435. The van der Waals surface area contributed by atoms with Crippen LogP contribution in [0.3, 0.4) is 0 Å². The molecule has 0 saturated carbocycles. The van der Waals surface area contributed by atoms with E-state index in [1.165, 1.54) is 12.1 Å². The Hall–Kier alpha value is -1.84. The summed E-state index contributed by atoms with van der Waals surface area (Å²) < 4.78 is 17.8. The molecule has 0 saturated heterocycles. The van der Waals surface area contributed by atoms with E-state index in [0.29, 0.717) is 11.6 Å². The molecular weight excluding hydrogens is 183 g/mol. The maximum atomic E-state index is 12.8. The summed E-state index contributed by atoms with van der Waals surface area (Å²) >= 11 is 0. The van der Waals surface area contributed by atoms with Gasteiger partial charge in [0.1, 0.15) is 5.82 Å². The average molecular weight is 192 g/mol. The fraction of sp³-hybridized carbons (Fsp3) is 0.100. The number of aromatic nitrogens is 1. The van der Waals surface area contributed by atoms with Crippen molar-refractivity contribution in [1.29, 1.82) is 0 Å². The molecule has 0 bridgehead atoms. The molecule has 3 nitrogen and oxygen atoms in total. The van der Waals surface area contributed by atoms with Crippen molar-refractivity contribution in [2.45, 2.75) is 6.92 Å². The molecule has 4 heteroatoms. The van der Waals surface area contributed by atoms with Gasteiger partial charge in [-0.1, -0.05) is 5.16 Å². The Balaban J connectivity index is 2.52. The van der Waals surface area contributed by atoms with E-state index in [4.69, 9.17) is 10.3 Å². The van der Waals surface area contributed by atoms with Crippen LogP contribution in [0.1, 0.15) is 5.56 Å². The zero-order valence-electron chi connectivity index (χ0n) is 7.62. The molecule has 0 atom stereocenters. The molecule has 1 heterocycles. The predicted molar refractivity (Wildman–Crippen MR) is 51.0 cm³/mol. The molecule has 72 valence electrons. The molecule has 2 rings (SSSR count). The maximum Gasteiger partial charge on any atom is 0.169 e. The minimum Gasteiger partial charge on any atom is -0.381 e. The van der Waals surface area contributed by atoms with E-state index < -0.39 is 0 Å². The lowest BCUT2D eigenvalue weighted by Crippen LogP contribution is -1.83. The van der Waals surface area contributed by atoms with Gasteiger partial charge in [-0.3, -0.25) is 0 Å². The van der Waals surface area contributed by atoms with Gasteiger partial charge in [0, 0.05) is 11.6 Å². The van der Waals surface area contributed by atoms with Gasteiger partial charge in [-0.15, -0.1) is 0 Å². The standard InChI is InChI=1S/C10H9FN2O/c1-6-4-7(11)2-3-8(6)9-5-10(12)13-14-9/h2-5H,1H3,(H2,12,13). The van der Waals surface area contributed by atoms with Crippen LogP contribution in [-0.4, -0.2) is 5.16 Å². The van der Waals surface area contributed by atoms with Crippen molar-refractivity contribution < 1.29 is 8.91 Å². The van der Waals surface area contributed by atoms with Gasteiger partial charge < -0.3 is 10.3 Å². The summed E-state index contributed by atoms with van der Waals surface area (Å²) in [6, 6.07) is 6.07. The first-order chi connectivity index (χ1) is 6.66. The summed E-state index contributed by atoms with van der Waals surface area (Å²) in [6.45, 7) is 1.80. The van der Waals surface area contributed by atoms with Gasteiger partial charge in [-0.2, -0.15) is 0 Å². The van der Waals surface area contributed by atoms with Crippen LogP contribution in [0.25, 0.3) is 11.3 Å². The van der Waals surface area contributed by atoms with E-state index in [2.05, 4.69) is 5.16 Å². The second-order valence-electron chi connectivity index (χ2n) is 3.08. The number of aryl methyl sites for hydroxylation is 1. The van der Waals surface area contributed by atoms with Crippen LogP contribution in [-0.2, 0) is 0 Å². The van der Waals surface area contributed by atoms with Crippen LogP contribution in [0.2, 0.25) is 0 Å². The SMILES string of the molecule is Cc1cc(F)ccc1-c1cc(N)no1. The number of halogens is 1. The Morgan fingerprint density at radius 1 is 1.36 bits per heavy atom. The van der Waals surface area contributed by atoms with E-state index in [1.54, 1.807) is 19.1 Å². The third kappa shape index (κ3) is 1.46. The van der Waals surface area contributed by atoms with Gasteiger partial charge in [0.2, 0.25) is 0 Å². The monoisotopic (exact) mass is 192 g/mol. The van der Waals surface area contributed by atoms with Gasteiger partial charge in [0.05, 0.1) is 0 Å². The highest BCUT2D eigenvalue weighted by molar-refractivity contribution is 5.63. The van der Waals surface area contributed by atoms with Gasteiger partial charge in [0.15, 0.2) is 11.6 Å². The summed E-state index contributed by atoms with van der Waals surface area (Å²) in [6.07, 6.45) is 0. The Kier molecular flexibility index (Phi) is 1.96. The summed E-state index contributed by atoms with van der Waals surface area (Å²) in [7, 11) is 0. The highest BCUT2D eigenvalue weighted by Crippen LogP contribution is 2.25. The summed E-state index contributed by atoms with van der Waals surface area (Å²) in [4.78, 5) is 0. The molecule has 0 aliphatic rings. The highest BCUT2D eigenvalue weighted by atomic mass is 19.1. The molecule has 2 aromatic rings. The molecular formula is C10H9FN2O. The quantitative estimate of drug-likeness (QED) is 0.754. The lowest BCUT2D eigenvalue weighted by atomic mass is 10.1. The Labute approximate surface area is 80.3 Å². The third-order valence-electron chi connectivity index (χ3n) is 1.98.